The Hall–Kier alpha value is -3.15. The largest absolute Gasteiger partial charge is 0.299 e. The van der Waals surface area contributed by atoms with Crippen molar-refractivity contribution in [2.24, 2.45) is 7.05 Å². The SMILES string of the molecule is Cn1nnnc1-c1c(C=CC=O)cccc1-c1ccc(F)cc1. The van der Waals surface area contributed by atoms with Crippen LogP contribution >= 0.6 is 0 Å². The number of aryl methyl sites for hydroxylation is 1. The average Bonchev–Trinajstić information content (AvgIpc) is 2.99. The molecule has 3 rings (SSSR count). The maximum absolute atomic E-state index is 13.2. The number of allylic oxidation sites excluding steroid dienone is 1. The van der Waals surface area contributed by atoms with Gasteiger partial charge in [-0.05, 0) is 45.3 Å². The lowest BCUT2D eigenvalue weighted by Gasteiger charge is -2.12. The van der Waals surface area contributed by atoms with E-state index < -0.39 is 0 Å². The maximum Gasteiger partial charge on any atom is 0.182 e. The first-order valence-electron chi connectivity index (χ1n) is 6.94. The van der Waals surface area contributed by atoms with E-state index >= 15 is 0 Å². The van der Waals surface area contributed by atoms with E-state index in [0.29, 0.717) is 12.1 Å². The number of hydrogen-bond acceptors (Lipinski definition) is 4. The van der Waals surface area contributed by atoms with E-state index in [1.807, 2.05) is 18.2 Å². The van der Waals surface area contributed by atoms with Crippen LogP contribution in [0.1, 0.15) is 5.56 Å². The number of carbonyl (C=O) groups excluding carboxylic acids is 1. The van der Waals surface area contributed by atoms with Crippen LogP contribution in [0.5, 0.6) is 0 Å². The fourth-order valence-corrected chi connectivity index (χ4v) is 2.41. The van der Waals surface area contributed by atoms with Crippen molar-refractivity contribution in [1.29, 1.82) is 0 Å². The highest BCUT2D eigenvalue weighted by Crippen LogP contribution is 2.34. The molecule has 0 atom stereocenters. The molecular formula is C17H13FN4O. The number of aromatic nitrogens is 4. The van der Waals surface area contributed by atoms with Crippen molar-refractivity contribution in [1.82, 2.24) is 20.2 Å². The quantitative estimate of drug-likeness (QED) is 0.549. The van der Waals surface area contributed by atoms with E-state index in [4.69, 9.17) is 0 Å². The minimum atomic E-state index is -0.298. The molecule has 3 aromatic rings. The highest BCUT2D eigenvalue weighted by molar-refractivity contribution is 5.88. The van der Waals surface area contributed by atoms with Crippen molar-refractivity contribution in [2.75, 3.05) is 0 Å². The fraction of sp³-hybridized carbons (Fsp3) is 0.0588. The van der Waals surface area contributed by atoms with Crippen molar-refractivity contribution in [3.63, 3.8) is 0 Å². The van der Waals surface area contributed by atoms with E-state index in [9.17, 15) is 9.18 Å². The first kappa shape index (κ1) is 14.8. The molecule has 0 N–H and O–H groups in total. The van der Waals surface area contributed by atoms with Crippen LogP contribution in [-0.4, -0.2) is 26.5 Å². The summed E-state index contributed by atoms with van der Waals surface area (Å²) in [5.41, 5.74) is 3.28. The van der Waals surface area contributed by atoms with Gasteiger partial charge in [0.1, 0.15) is 12.1 Å². The lowest BCUT2D eigenvalue weighted by Crippen LogP contribution is -1.98. The zero-order valence-electron chi connectivity index (χ0n) is 12.3. The molecule has 0 aliphatic heterocycles. The Morgan fingerprint density at radius 3 is 2.57 bits per heavy atom. The van der Waals surface area contributed by atoms with Gasteiger partial charge in [0.15, 0.2) is 5.82 Å². The normalized spacial score (nSPS) is 11.0. The third kappa shape index (κ3) is 2.91. The first-order valence-corrected chi connectivity index (χ1v) is 6.94. The Balaban J connectivity index is 2.27. The van der Waals surface area contributed by atoms with E-state index in [1.165, 1.54) is 18.2 Å². The summed E-state index contributed by atoms with van der Waals surface area (Å²) in [7, 11) is 1.74. The van der Waals surface area contributed by atoms with Gasteiger partial charge in [-0.15, -0.1) is 5.10 Å². The summed E-state index contributed by atoms with van der Waals surface area (Å²) in [4.78, 5) is 10.7. The van der Waals surface area contributed by atoms with Gasteiger partial charge in [-0.25, -0.2) is 9.07 Å². The summed E-state index contributed by atoms with van der Waals surface area (Å²) >= 11 is 0. The Morgan fingerprint density at radius 1 is 1.13 bits per heavy atom. The molecular weight excluding hydrogens is 295 g/mol. The molecule has 6 heteroatoms. The van der Waals surface area contributed by atoms with Gasteiger partial charge in [-0.3, -0.25) is 4.79 Å². The number of tetrazole rings is 1. The second kappa shape index (κ2) is 6.31. The number of nitrogens with zero attached hydrogens (tertiary/aromatic N) is 4. The van der Waals surface area contributed by atoms with Crippen molar-refractivity contribution in [3.8, 4) is 22.5 Å². The number of hydrogen-bond donors (Lipinski definition) is 0. The maximum atomic E-state index is 13.2. The van der Waals surface area contributed by atoms with Crippen LogP contribution in [-0.2, 0) is 11.8 Å². The van der Waals surface area contributed by atoms with Crippen molar-refractivity contribution in [3.05, 3.63) is 59.9 Å². The molecule has 1 heterocycles. The molecule has 114 valence electrons. The molecule has 0 aliphatic rings. The van der Waals surface area contributed by atoms with Crippen LogP contribution in [0.15, 0.2) is 48.5 Å². The van der Waals surface area contributed by atoms with Gasteiger partial charge in [-0.1, -0.05) is 36.4 Å². The minimum absolute atomic E-state index is 0.298. The van der Waals surface area contributed by atoms with Gasteiger partial charge in [0.2, 0.25) is 0 Å². The zero-order chi connectivity index (χ0) is 16.2. The molecule has 1 aromatic heterocycles. The number of carbonyl (C=O) groups is 1. The topological polar surface area (TPSA) is 60.7 Å². The lowest BCUT2D eigenvalue weighted by molar-refractivity contribution is -0.104. The van der Waals surface area contributed by atoms with Crippen LogP contribution in [0.2, 0.25) is 0 Å². The van der Waals surface area contributed by atoms with Crippen LogP contribution in [0.3, 0.4) is 0 Å². The standard InChI is InChI=1S/C17H13FN4O/c1-22-17(19-20-21-22)16-13(5-3-11-23)4-2-6-15(16)12-7-9-14(18)10-8-12/h2-11H,1H3. The molecule has 0 spiro atoms. The summed E-state index contributed by atoms with van der Waals surface area (Å²) < 4.78 is 14.8. The van der Waals surface area contributed by atoms with E-state index in [2.05, 4.69) is 15.5 Å². The Labute approximate surface area is 132 Å². The first-order chi connectivity index (χ1) is 11.2. The number of aldehydes is 1. The average molecular weight is 308 g/mol. The Morgan fingerprint density at radius 2 is 1.91 bits per heavy atom. The molecule has 0 amide bonds. The molecule has 0 aliphatic carbocycles. The van der Waals surface area contributed by atoms with Gasteiger partial charge in [0, 0.05) is 12.6 Å². The summed E-state index contributed by atoms with van der Waals surface area (Å²) in [5.74, 6) is 0.267. The van der Waals surface area contributed by atoms with Crippen molar-refractivity contribution < 1.29 is 9.18 Å². The molecule has 0 radical (unpaired) electrons. The van der Waals surface area contributed by atoms with E-state index in [0.717, 1.165) is 22.3 Å². The highest BCUT2D eigenvalue weighted by Gasteiger charge is 2.16. The van der Waals surface area contributed by atoms with Gasteiger partial charge in [-0.2, -0.15) is 0 Å². The van der Waals surface area contributed by atoms with Crippen LogP contribution in [0, 0.1) is 5.82 Å². The van der Waals surface area contributed by atoms with Gasteiger partial charge in [0.25, 0.3) is 0 Å². The van der Waals surface area contributed by atoms with Crippen LogP contribution in [0.4, 0.5) is 4.39 Å². The minimum Gasteiger partial charge on any atom is -0.299 e. The predicted octanol–water partition coefficient (Wildman–Crippen LogP) is 2.90. The molecule has 0 fully saturated rings. The summed E-state index contributed by atoms with van der Waals surface area (Å²) in [6, 6.07) is 11.9. The van der Waals surface area contributed by atoms with E-state index in [1.54, 1.807) is 29.9 Å². The number of rotatable bonds is 4. The molecule has 0 saturated heterocycles. The summed E-state index contributed by atoms with van der Waals surface area (Å²) in [5, 5.41) is 11.6. The summed E-state index contributed by atoms with van der Waals surface area (Å²) in [6.07, 6.45) is 3.82. The Bertz CT molecular complexity index is 869. The third-order valence-corrected chi connectivity index (χ3v) is 3.45. The van der Waals surface area contributed by atoms with Crippen molar-refractivity contribution in [2.45, 2.75) is 0 Å². The van der Waals surface area contributed by atoms with Gasteiger partial charge in [0.05, 0.1) is 0 Å². The fourth-order valence-electron chi connectivity index (χ4n) is 2.41. The van der Waals surface area contributed by atoms with Gasteiger partial charge < -0.3 is 0 Å². The molecule has 23 heavy (non-hydrogen) atoms. The third-order valence-electron chi connectivity index (χ3n) is 3.45. The predicted molar refractivity (Wildman–Crippen MR) is 84.7 cm³/mol. The Kier molecular flexibility index (Phi) is 4.05. The highest BCUT2D eigenvalue weighted by atomic mass is 19.1. The lowest BCUT2D eigenvalue weighted by atomic mass is 9.94. The molecule has 5 nitrogen and oxygen atoms in total. The number of halogens is 1. The second-order valence-electron chi connectivity index (χ2n) is 4.90. The second-order valence-corrected chi connectivity index (χ2v) is 4.90. The molecule has 0 saturated carbocycles. The number of benzene rings is 2. The molecule has 0 bridgehead atoms. The smallest absolute Gasteiger partial charge is 0.182 e. The molecule has 2 aromatic carbocycles. The monoisotopic (exact) mass is 308 g/mol. The van der Waals surface area contributed by atoms with Crippen LogP contribution < -0.4 is 0 Å². The zero-order valence-corrected chi connectivity index (χ0v) is 12.3. The van der Waals surface area contributed by atoms with Gasteiger partial charge >= 0.3 is 0 Å². The van der Waals surface area contributed by atoms with E-state index in [-0.39, 0.29) is 5.82 Å². The summed E-state index contributed by atoms with van der Waals surface area (Å²) in [6.45, 7) is 0. The van der Waals surface area contributed by atoms with Crippen LogP contribution in [0.25, 0.3) is 28.6 Å². The van der Waals surface area contributed by atoms with Crippen molar-refractivity contribution >= 4 is 12.4 Å². The molecule has 0 unspecified atom stereocenters.